The number of rotatable bonds is 7. The molecular weight excluding hydrogens is 454 g/mol. The van der Waals surface area contributed by atoms with Crippen LogP contribution in [-0.4, -0.2) is 51.0 Å². The lowest BCUT2D eigenvalue weighted by molar-refractivity contribution is -0.127. The van der Waals surface area contributed by atoms with Crippen molar-refractivity contribution >= 4 is 34.8 Å². The van der Waals surface area contributed by atoms with Gasteiger partial charge in [-0.05, 0) is 49.1 Å². The third-order valence-electron chi connectivity index (χ3n) is 6.92. The van der Waals surface area contributed by atoms with Crippen molar-refractivity contribution in [3.63, 3.8) is 0 Å². The molecule has 1 saturated carbocycles. The van der Waals surface area contributed by atoms with Gasteiger partial charge in [-0.2, -0.15) is 0 Å². The molecule has 1 aromatic heterocycles. The Morgan fingerprint density at radius 2 is 1.78 bits per heavy atom. The normalized spacial score (nSPS) is 20.1. The molecule has 0 radical (unpaired) electrons. The molecular formula is C27H27N7O2. The van der Waals surface area contributed by atoms with Crippen LogP contribution in [0.15, 0.2) is 73.6 Å². The number of likely N-dealkylation sites (tertiary alicyclic amines) is 1. The number of para-hydroxylation sites is 1. The lowest BCUT2D eigenvalue weighted by Gasteiger charge is -2.32. The number of nitrogens with two attached hydrogens (primary N) is 1. The van der Waals surface area contributed by atoms with Crippen molar-refractivity contribution in [2.45, 2.75) is 24.9 Å². The van der Waals surface area contributed by atoms with Crippen molar-refractivity contribution in [2.24, 2.45) is 5.92 Å². The van der Waals surface area contributed by atoms with Gasteiger partial charge in [0.05, 0.1) is 11.3 Å². The van der Waals surface area contributed by atoms with Crippen LogP contribution in [0, 0.1) is 11.3 Å². The van der Waals surface area contributed by atoms with Gasteiger partial charge in [-0.15, -0.1) is 0 Å². The number of hydrogen-bond acceptors (Lipinski definition) is 7. The number of carbonyl (C=O) groups excluding carboxylic acids is 2. The predicted molar refractivity (Wildman–Crippen MR) is 139 cm³/mol. The maximum absolute atomic E-state index is 12.6. The number of carbonyl (C=O) groups is 2. The number of hydrogen-bond donors (Lipinski definition) is 4. The second-order valence-electron chi connectivity index (χ2n) is 9.09. The van der Waals surface area contributed by atoms with Gasteiger partial charge in [-0.1, -0.05) is 36.9 Å². The molecule has 3 aromatic rings. The predicted octanol–water partition coefficient (Wildman–Crippen LogP) is 3.31. The summed E-state index contributed by atoms with van der Waals surface area (Å²) in [5, 5.41) is 15.2. The summed E-state index contributed by atoms with van der Waals surface area (Å²) < 4.78 is 0. The molecule has 3 unspecified atom stereocenters. The molecule has 1 aliphatic carbocycles. The molecule has 0 spiro atoms. The zero-order chi connectivity index (χ0) is 25.2. The Hall–Kier alpha value is -4.53. The van der Waals surface area contributed by atoms with E-state index in [1.165, 1.54) is 12.4 Å². The number of fused-ring (bicyclic) bond motifs is 2. The molecule has 2 heterocycles. The Kier molecular flexibility index (Phi) is 6.20. The Balaban J connectivity index is 1.31. The van der Waals surface area contributed by atoms with E-state index < -0.39 is 0 Å². The SMILES string of the molecule is C=CC(=O)N1CC2CC1CC2Nc1ncnc(N)c1C(=N)c1ccc(C(=O)Nc2ccccc2)cc1. The van der Waals surface area contributed by atoms with Crippen molar-refractivity contribution < 1.29 is 9.59 Å². The molecule has 9 heteroatoms. The minimum absolute atomic E-state index is 0.0319. The largest absolute Gasteiger partial charge is 0.383 e. The van der Waals surface area contributed by atoms with E-state index in [9.17, 15) is 9.59 Å². The molecule has 36 heavy (non-hydrogen) atoms. The van der Waals surface area contributed by atoms with Crippen LogP contribution in [-0.2, 0) is 4.79 Å². The number of nitrogens with zero attached hydrogens (tertiary/aromatic N) is 3. The van der Waals surface area contributed by atoms with E-state index in [0.29, 0.717) is 40.7 Å². The van der Waals surface area contributed by atoms with Gasteiger partial charge in [0.2, 0.25) is 5.91 Å². The summed E-state index contributed by atoms with van der Waals surface area (Å²) >= 11 is 0. The summed E-state index contributed by atoms with van der Waals surface area (Å²) in [6.45, 7) is 4.27. The summed E-state index contributed by atoms with van der Waals surface area (Å²) in [5.41, 5.74) is 8.55. The topological polar surface area (TPSA) is 137 Å². The Bertz CT molecular complexity index is 1320. The van der Waals surface area contributed by atoms with E-state index in [0.717, 1.165) is 12.8 Å². The standard InChI is InChI=1S/C27H27N7O2/c1-2-22(35)34-14-18-12-20(34)13-21(18)33-26-23(25(29)30-15-31-26)24(28)16-8-10-17(11-9-16)27(36)32-19-6-4-3-5-7-19/h2-11,15,18,20-21,28H,1,12-14H2,(H,32,36)(H3,29,30,31,33). The molecule has 2 amide bonds. The summed E-state index contributed by atoms with van der Waals surface area (Å²) in [4.78, 5) is 35.0. The average molecular weight is 482 g/mol. The molecule has 9 nitrogen and oxygen atoms in total. The van der Waals surface area contributed by atoms with Gasteiger partial charge in [0.1, 0.15) is 18.0 Å². The highest BCUT2D eigenvalue weighted by molar-refractivity contribution is 6.16. The number of piperidine rings is 1. The third-order valence-corrected chi connectivity index (χ3v) is 6.92. The van der Waals surface area contributed by atoms with Crippen molar-refractivity contribution in [3.8, 4) is 0 Å². The molecule has 2 bridgehead atoms. The van der Waals surface area contributed by atoms with Crippen LogP contribution < -0.4 is 16.4 Å². The summed E-state index contributed by atoms with van der Waals surface area (Å²) in [6, 6.07) is 16.3. The minimum Gasteiger partial charge on any atom is -0.383 e. The Morgan fingerprint density at radius 1 is 1.06 bits per heavy atom. The fraction of sp³-hybridized carbons (Fsp3) is 0.222. The Morgan fingerprint density at radius 3 is 2.44 bits per heavy atom. The van der Waals surface area contributed by atoms with Gasteiger partial charge in [-0.3, -0.25) is 15.0 Å². The van der Waals surface area contributed by atoms with Gasteiger partial charge >= 0.3 is 0 Å². The van der Waals surface area contributed by atoms with Crippen LogP contribution in [0.4, 0.5) is 17.3 Å². The highest BCUT2D eigenvalue weighted by Gasteiger charge is 2.46. The fourth-order valence-corrected chi connectivity index (χ4v) is 5.11. The summed E-state index contributed by atoms with van der Waals surface area (Å²) in [7, 11) is 0. The monoisotopic (exact) mass is 481 g/mol. The first-order valence-corrected chi connectivity index (χ1v) is 11.8. The lowest BCUT2D eigenvalue weighted by Crippen LogP contribution is -2.43. The number of anilines is 3. The minimum atomic E-state index is -0.232. The van der Waals surface area contributed by atoms with E-state index >= 15 is 0 Å². The van der Waals surface area contributed by atoms with Gasteiger partial charge in [-0.25, -0.2) is 9.97 Å². The molecule has 2 fully saturated rings. The molecule has 1 aliphatic heterocycles. The highest BCUT2D eigenvalue weighted by atomic mass is 16.2. The quantitative estimate of drug-likeness (QED) is 0.302. The Labute approximate surface area is 209 Å². The summed E-state index contributed by atoms with van der Waals surface area (Å²) in [6.07, 6.45) is 4.47. The smallest absolute Gasteiger partial charge is 0.255 e. The highest BCUT2D eigenvalue weighted by Crippen LogP contribution is 2.40. The van der Waals surface area contributed by atoms with E-state index in [1.54, 1.807) is 24.3 Å². The molecule has 3 atom stereocenters. The average Bonchev–Trinajstić information content (AvgIpc) is 3.49. The first-order chi connectivity index (χ1) is 17.4. The van der Waals surface area contributed by atoms with Crippen LogP contribution in [0.1, 0.15) is 34.3 Å². The zero-order valence-electron chi connectivity index (χ0n) is 19.6. The van der Waals surface area contributed by atoms with Crippen molar-refractivity contribution in [1.29, 1.82) is 5.41 Å². The number of nitrogens with one attached hydrogen (secondary N) is 3. The number of nitrogen functional groups attached to an aromatic ring is 1. The second kappa shape index (κ2) is 9.61. The first kappa shape index (κ1) is 23.2. The lowest BCUT2D eigenvalue weighted by atomic mass is 9.99. The van der Waals surface area contributed by atoms with Crippen LogP contribution in [0.5, 0.6) is 0 Å². The van der Waals surface area contributed by atoms with E-state index in [1.807, 2.05) is 35.2 Å². The molecule has 1 saturated heterocycles. The number of aromatic nitrogens is 2. The number of amides is 2. The molecule has 5 N–H and O–H groups in total. The van der Waals surface area contributed by atoms with Crippen molar-refractivity contribution in [2.75, 3.05) is 22.9 Å². The van der Waals surface area contributed by atoms with Gasteiger partial charge in [0.25, 0.3) is 5.91 Å². The number of benzene rings is 2. The molecule has 2 aliphatic rings. The van der Waals surface area contributed by atoms with Gasteiger partial charge in [0, 0.05) is 35.4 Å². The summed E-state index contributed by atoms with van der Waals surface area (Å²) in [5.74, 6) is 0.729. The first-order valence-electron chi connectivity index (χ1n) is 11.8. The maximum atomic E-state index is 12.6. The second-order valence-corrected chi connectivity index (χ2v) is 9.09. The van der Waals surface area contributed by atoms with Crippen LogP contribution in [0.25, 0.3) is 0 Å². The van der Waals surface area contributed by atoms with Crippen molar-refractivity contribution in [1.82, 2.24) is 14.9 Å². The zero-order valence-corrected chi connectivity index (χ0v) is 19.6. The van der Waals surface area contributed by atoms with Crippen molar-refractivity contribution in [3.05, 3.63) is 90.3 Å². The van der Waals surface area contributed by atoms with Gasteiger partial charge in [0.15, 0.2) is 0 Å². The molecule has 2 aromatic carbocycles. The van der Waals surface area contributed by atoms with E-state index in [2.05, 4.69) is 27.2 Å². The van der Waals surface area contributed by atoms with Gasteiger partial charge < -0.3 is 21.3 Å². The van der Waals surface area contributed by atoms with Crippen LogP contribution in [0.2, 0.25) is 0 Å². The molecule has 182 valence electrons. The van der Waals surface area contributed by atoms with E-state index in [4.69, 9.17) is 11.1 Å². The third kappa shape index (κ3) is 4.43. The van der Waals surface area contributed by atoms with Crippen LogP contribution in [0.3, 0.4) is 0 Å². The van der Waals surface area contributed by atoms with E-state index in [-0.39, 0.29) is 35.4 Å². The molecule has 5 rings (SSSR count). The maximum Gasteiger partial charge on any atom is 0.255 e. The fourth-order valence-electron chi connectivity index (χ4n) is 5.11. The van der Waals surface area contributed by atoms with Crippen LogP contribution >= 0.6 is 0 Å².